The second-order valence-corrected chi connectivity index (χ2v) is 4.55. The molecule has 0 aliphatic carbocycles. The van der Waals surface area contributed by atoms with Gasteiger partial charge in [0.05, 0.1) is 6.61 Å². The number of carbonyl (C=O) groups excluding carboxylic acids is 1. The smallest absolute Gasteiger partial charge is 0.330 e. The minimum atomic E-state index is -1.14. The second kappa shape index (κ2) is 6.68. The first-order chi connectivity index (χ1) is 8.95. The zero-order chi connectivity index (χ0) is 14.5. The summed E-state index contributed by atoms with van der Waals surface area (Å²) in [5.74, 6) is -0.922. The van der Waals surface area contributed by atoms with Gasteiger partial charge in [-0.3, -0.25) is 5.32 Å². The Morgan fingerprint density at radius 1 is 1.63 bits per heavy atom. The van der Waals surface area contributed by atoms with Crippen LogP contribution in [0.2, 0.25) is 5.02 Å². The minimum absolute atomic E-state index is 0.173. The topological polar surface area (TPSA) is 38.3 Å². The van der Waals surface area contributed by atoms with E-state index in [-0.39, 0.29) is 11.6 Å². The van der Waals surface area contributed by atoms with Crippen LogP contribution in [0.15, 0.2) is 30.9 Å². The van der Waals surface area contributed by atoms with Gasteiger partial charge in [0.2, 0.25) is 0 Å². The number of rotatable bonds is 6. The van der Waals surface area contributed by atoms with Crippen molar-refractivity contribution in [1.82, 2.24) is 5.32 Å². The van der Waals surface area contributed by atoms with Gasteiger partial charge < -0.3 is 4.74 Å². The van der Waals surface area contributed by atoms with Crippen molar-refractivity contribution < 1.29 is 13.9 Å². The third kappa shape index (κ3) is 3.55. The van der Waals surface area contributed by atoms with Gasteiger partial charge in [0.25, 0.3) is 0 Å². The first kappa shape index (κ1) is 15.7. The highest BCUT2D eigenvalue weighted by Crippen LogP contribution is 2.30. The monoisotopic (exact) mass is 285 g/mol. The fraction of sp³-hybridized carbons (Fsp3) is 0.357. The fourth-order valence-corrected chi connectivity index (χ4v) is 2.08. The maximum atomic E-state index is 13.1. The summed E-state index contributed by atoms with van der Waals surface area (Å²) in [6, 6.07) is 3.91. The number of esters is 1. The lowest BCUT2D eigenvalue weighted by molar-refractivity contribution is -0.150. The molecular weight excluding hydrogens is 269 g/mol. The first-order valence-electron chi connectivity index (χ1n) is 5.94. The van der Waals surface area contributed by atoms with Crippen molar-refractivity contribution in [2.45, 2.75) is 19.4 Å². The molecule has 0 radical (unpaired) electrons. The van der Waals surface area contributed by atoms with E-state index in [9.17, 15) is 9.18 Å². The van der Waals surface area contributed by atoms with Gasteiger partial charge in [0, 0.05) is 17.1 Å². The number of benzene rings is 1. The number of carbonyl (C=O) groups is 1. The van der Waals surface area contributed by atoms with E-state index in [1.54, 1.807) is 19.9 Å². The Balaban J connectivity index is 3.21. The molecule has 1 atom stereocenters. The molecule has 0 fully saturated rings. The second-order valence-electron chi connectivity index (χ2n) is 4.14. The number of ether oxygens (including phenoxy) is 1. The van der Waals surface area contributed by atoms with Crippen LogP contribution in [0, 0.1) is 5.82 Å². The molecule has 0 amide bonds. The Hall–Kier alpha value is -1.39. The lowest BCUT2D eigenvalue weighted by Crippen LogP contribution is -2.48. The van der Waals surface area contributed by atoms with Crippen LogP contribution in [0.4, 0.5) is 4.39 Å². The van der Waals surface area contributed by atoms with Crippen LogP contribution in [-0.4, -0.2) is 19.1 Å². The molecule has 1 aromatic carbocycles. The SMILES string of the molecule is C=CCNC(C)(C(=O)OCC)c1ccc(F)cc1Cl. The molecule has 104 valence electrons. The molecule has 19 heavy (non-hydrogen) atoms. The average Bonchev–Trinajstić information content (AvgIpc) is 2.36. The Bertz CT molecular complexity index is 479. The Labute approximate surface area is 117 Å². The Kier molecular flexibility index (Phi) is 5.51. The number of hydrogen-bond donors (Lipinski definition) is 1. The maximum Gasteiger partial charge on any atom is 0.330 e. The maximum absolute atomic E-state index is 13.1. The first-order valence-corrected chi connectivity index (χ1v) is 6.32. The predicted molar refractivity (Wildman–Crippen MR) is 73.6 cm³/mol. The average molecular weight is 286 g/mol. The summed E-state index contributed by atoms with van der Waals surface area (Å²) in [5, 5.41) is 3.18. The van der Waals surface area contributed by atoms with E-state index in [1.807, 2.05) is 0 Å². The van der Waals surface area contributed by atoms with Crippen molar-refractivity contribution in [2.24, 2.45) is 0 Å². The van der Waals surface area contributed by atoms with Gasteiger partial charge >= 0.3 is 5.97 Å². The van der Waals surface area contributed by atoms with E-state index in [2.05, 4.69) is 11.9 Å². The van der Waals surface area contributed by atoms with E-state index in [1.165, 1.54) is 18.2 Å². The molecule has 0 aromatic heterocycles. The molecule has 0 heterocycles. The van der Waals surface area contributed by atoms with E-state index in [0.29, 0.717) is 12.1 Å². The van der Waals surface area contributed by atoms with Gasteiger partial charge in [-0.1, -0.05) is 23.7 Å². The van der Waals surface area contributed by atoms with Gasteiger partial charge in [0.1, 0.15) is 11.4 Å². The number of nitrogens with one attached hydrogen (secondary N) is 1. The Morgan fingerprint density at radius 3 is 2.84 bits per heavy atom. The van der Waals surface area contributed by atoms with E-state index in [4.69, 9.17) is 16.3 Å². The molecule has 0 aliphatic rings. The highest BCUT2D eigenvalue weighted by Gasteiger charge is 2.37. The van der Waals surface area contributed by atoms with Crippen LogP contribution < -0.4 is 5.32 Å². The summed E-state index contributed by atoms with van der Waals surface area (Å²) < 4.78 is 18.2. The van der Waals surface area contributed by atoms with Crippen LogP contribution in [0.3, 0.4) is 0 Å². The van der Waals surface area contributed by atoms with Crippen molar-refractivity contribution in [2.75, 3.05) is 13.2 Å². The molecule has 1 rings (SSSR count). The molecule has 0 saturated heterocycles. The van der Waals surface area contributed by atoms with Gasteiger partial charge in [-0.25, -0.2) is 9.18 Å². The van der Waals surface area contributed by atoms with Crippen molar-refractivity contribution in [3.05, 3.63) is 47.3 Å². The molecule has 0 spiro atoms. The summed E-state index contributed by atoms with van der Waals surface area (Å²) in [5.41, 5.74) is -0.675. The van der Waals surface area contributed by atoms with Gasteiger partial charge in [-0.2, -0.15) is 0 Å². The van der Waals surface area contributed by atoms with E-state index < -0.39 is 17.3 Å². The molecule has 1 aromatic rings. The normalized spacial score (nSPS) is 13.7. The molecule has 1 N–H and O–H groups in total. The zero-order valence-corrected chi connectivity index (χ0v) is 11.8. The van der Waals surface area contributed by atoms with Gasteiger partial charge in [0.15, 0.2) is 0 Å². The molecular formula is C14H17ClFNO2. The molecule has 1 unspecified atom stereocenters. The highest BCUT2D eigenvalue weighted by molar-refractivity contribution is 6.31. The van der Waals surface area contributed by atoms with Gasteiger partial charge in [-0.15, -0.1) is 6.58 Å². The summed E-state index contributed by atoms with van der Waals surface area (Å²) >= 11 is 6.02. The molecule has 0 aliphatic heterocycles. The molecule has 0 bridgehead atoms. The standard InChI is InChI=1S/C14H17ClFNO2/c1-4-8-17-14(3,13(18)19-5-2)11-7-6-10(16)9-12(11)15/h4,6-7,9,17H,1,5,8H2,2-3H3. The van der Waals surface area contributed by atoms with E-state index >= 15 is 0 Å². The quantitative estimate of drug-likeness (QED) is 0.645. The largest absolute Gasteiger partial charge is 0.464 e. The van der Waals surface area contributed by atoms with Crippen LogP contribution >= 0.6 is 11.6 Å². The van der Waals surface area contributed by atoms with Crippen molar-refractivity contribution in [3.8, 4) is 0 Å². The van der Waals surface area contributed by atoms with Crippen LogP contribution in [0.25, 0.3) is 0 Å². The summed E-state index contributed by atoms with van der Waals surface area (Å²) in [4.78, 5) is 12.1. The summed E-state index contributed by atoms with van der Waals surface area (Å²) in [6.45, 7) is 7.60. The number of hydrogen-bond acceptors (Lipinski definition) is 3. The minimum Gasteiger partial charge on any atom is -0.464 e. The third-order valence-corrected chi connectivity index (χ3v) is 3.07. The molecule has 0 saturated carbocycles. The van der Waals surface area contributed by atoms with E-state index in [0.717, 1.165) is 0 Å². The number of halogens is 2. The fourth-order valence-electron chi connectivity index (χ4n) is 1.72. The van der Waals surface area contributed by atoms with Crippen LogP contribution in [0.5, 0.6) is 0 Å². The van der Waals surface area contributed by atoms with Gasteiger partial charge in [-0.05, 0) is 26.0 Å². The van der Waals surface area contributed by atoms with Crippen molar-refractivity contribution >= 4 is 17.6 Å². The highest BCUT2D eigenvalue weighted by atomic mass is 35.5. The van der Waals surface area contributed by atoms with Crippen LogP contribution in [-0.2, 0) is 15.1 Å². The summed E-state index contributed by atoms with van der Waals surface area (Å²) in [6.07, 6.45) is 1.62. The predicted octanol–water partition coefficient (Wildman–Crippen LogP) is 3.03. The summed E-state index contributed by atoms with van der Waals surface area (Å²) in [7, 11) is 0. The Morgan fingerprint density at radius 2 is 2.32 bits per heavy atom. The third-order valence-electron chi connectivity index (χ3n) is 2.75. The lowest BCUT2D eigenvalue weighted by Gasteiger charge is -2.29. The van der Waals surface area contributed by atoms with Crippen molar-refractivity contribution in [3.63, 3.8) is 0 Å². The van der Waals surface area contributed by atoms with Crippen molar-refractivity contribution in [1.29, 1.82) is 0 Å². The zero-order valence-electron chi connectivity index (χ0n) is 11.0. The molecule has 3 nitrogen and oxygen atoms in total. The lowest BCUT2D eigenvalue weighted by atomic mass is 9.91. The molecule has 5 heteroatoms. The van der Waals surface area contributed by atoms with Crippen LogP contribution in [0.1, 0.15) is 19.4 Å².